The van der Waals surface area contributed by atoms with Crippen molar-refractivity contribution in [3.63, 3.8) is 0 Å². The van der Waals surface area contributed by atoms with Crippen molar-refractivity contribution in [1.29, 1.82) is 0 Å². The number of aryl methyl sites for hydroxylation is 2. The number of benzene rings is 2. The summed E-state index contributed by atoms with van der Waals surface area (Å²) in [5.74, 6) is 0.339. The van der Waals surface area contributed by atoms with Gasteiger partial charge in [0.1, 0.15) is 5.76 Å². The van der Waals surface area contributed by atoms with Crippen LogP contribution in [0.4, 0.5) is 4.79 Å². The summed E-state index contributed by atoms with van der Waals surface area (Å²) in [5.41, 5.74) is 2.03. The van der Waals surface area contributed by atoms with Crippen LogP contribution in [0, 0.1) is 13.8 Å². The molecule has 0 bridgehead atoms. The normalized spacial score (nSPS) is 19.1. The van der Waals surface area contributed by atoms with Crippen LogP contribution in [0.2, 0.25) is 0 Å². The van der Waals surface area contributed by atoms with Crippen LogP contribution in [-0.2, 0) is 23.3 Å². The predicted molar refractivity (Wildman–Crippen MR) is 103 cm³/mol. The van der Waals surface area contributed by atoms with Gasteiger partial charge in [-0.3, -0.25) is 9.69 Å². The molecule has 0 spiro atoms. The van der Waals surface area contributed by atoms with E-state index < -0.39 is 11.6 Å². The average Bonchev–Trinajstić information content (AvgIpc) is 3.15. The molecule has 2 heterocycles. The summed E-state index contributed by atoms with van der Waals surface area (Å²) >= 11 is 0. The molecule has 6 heteroatoms. The smallest absolute Gasteiger partial charge is 0.325 e. The Hall–Kier alpha value is -3.41. The van der Waals surface area contributed by atoms with E-state index in [-0.39, 0.29) is 12.5 Å². The van der Waals surface area contributed by atoms with Gasteiger partial charge >= 0.3 is 6.03 Å². The van der Waals surface area contributed by atoms with Crippen LogP contribution in [0.5, 0.6) is 0 Å². The Morgan fingerprint density at radius 3 is 2.25 bits per heavy atom. The summed E-state index contributed by atoms with van der Waals surface area (Å²) in [6.45, 7) is 3.72. The highest BCUT2D eigenvalue weighted by Gasteiger charge is 2.52. The minimum Gasteiger partial charge on any atom is -0.361 e. The number of amides is 3. The number of nitrogens with zero attached hydrogens (tertiary/aromatic N) is 2. The fraction of sp³-hybridized carbons (Fsp3) is 0.227. The lowest BCUT2D eigenvalue weighted by atomic mass is 9.83. The molecule has 142 valence electrons. The van der Waals surface area contributed by atoms with Crippen molar-refractivity contribution >= 4 is 11.9 Å². The molecule has 4 rings (SSSR count). The molecule has 1 unspecified atom stereocenters. The zero-order chi connectivity index (χ0) is 19.7. The van der Waals surface area contributed by atoms with Crippen LogP contribution in [0.3, 0.4) is 0 Å². The van der Waals surface area contributed by atoms with Crippen LogP contribution in [0.1, 0.15) is 28.1 Å². The van der Waals surface area contributed by atoms with E-state index >= 15 is 0 Å². The number of imide groups is 1. The average molecular weight is 375 g/mol. The van der Waals surface area contributed by atoms with Crippen molar-refractivity contribution in [2.24, 2.45) is 0 Å². The third-order valence-electron chi connectivity index (χ3n) is 5.25. The minimum absolute atomic E-state index is 0.134. The van der Waals surface area contributed by atoms with Crippen molar-refractivity contribution < 1.29 is 14.1 Å². The topological polar surface area (TPSA) is 75.4 Å². The second-order valence-electron chi connectivity index (χ2n) is 7.06. The van der Waals surface area contributed by atoms with Crippen molar-refractivity contribution in [1.82, 2.24) is 15.4 Å². The Morgan fingerprint density at radius 2 is 1.64 bits per heavy atom. The zero-order valence-electron chi connectivity index (χ0n) is 15.8. The van der Waals surface area contributed by atoms with Gasteiger partial charge in [0.05, 0.1) is 12.2 Å². The van der Waals surface area contributed by atoms with Gasteiger partial charge in [0.25, 0.3) is 5.91 Å². The fourth-order valence-electron chi connectivity index (χ4n) is 3.70. The second-order valence-corrected chi connectivity index (χ2v) is 7.06. The Labute approximate surface area is 163 Å². The number of rotatable bonds is 5. The Morgan fingerprint density at radius 1 is 1.00 bits per heavy atom. The highest BCUT2D eigenvalue weighted by atomic mass is 16.5. The van der Waals surface area contributed by atoms with Crippen molar-refractivity contribution in [2.45, 2.75) is 32.4 Å². The molecule has 2 aromatic carbocycles. The first-order valence-electron chi connectivity index (χ1n) is 9.16. The van der Waals surface area contributed by atoms with Gasteiger partial charge in [-0.15, -0.1) is 0 Å². The molecule has 1 aromatic heterocycles. The SMILES string of the molecule is Cc1noc(C)c1CN1C(=O)NC(Cc2ccccc2)(c2ccccc2)C1=O. The van der Waals surface area contributed by atoms with Crippen LogP contribution in [0.25, 0.3) is 0 Å². The van der Waals surface area contributed by atoms with Gasteiger partial charge in [0, 0.05) is 12.0 Å². The molecule has 3 aromatic rings. The molecular weight excluding hydrogens is 354 g/mol. The Kier molecular flexibility index (Phi) is 4.47. The first kappa shape index (κ1) is 18.0. The molecule has 6 nitrogen and oxygen atoms in total. The van der Waals surface area contributed by atoms with E-state index in [4.69, 9.17) is 4.52 Å². The standard InChI is InChI=1S/C22H21N3O3/c1-15-19(16(2)28-24-15)14-25-20(26)22(23-21(25)27,18-11-7-4-8-12-18)13-17-9-5-3-6-10-17/h3-12H,13-14H2,1-2H3,(H,23,27). The molecule has 1 aliphatic rings. The summed E-state index contributed by atoms with van der Waals surface area (Å²) in [4.78, 5) is 27.7. The van der Waals surface area contributed by atoms with Gasteiger partial charge < -0.3 is 9.84 Å². The summed E-state index contributed by atoms with van der Waals surface area (Å²) < 4.78 is 5.19. The number of aromatic nitrogens is 1. The Balaban J connectivity index is 1.74. The largest absolute Gasteiger partial charge is 0.361 e. The highest BCUT2D eigenvalue weighted by Crippen LogP contribution is 2.34. The Bertz CT molecular complexity index is 995. The monoisotopic (exact) mass is 375 g/mol. The van der Waals surface area contributed by atoms with E-state index in [0.717, 1.165) is 16.7 Å². The number of carbonyl (C=O) groups excluding carboxylic acids is 2. The molecule has 1 aliphatic heterocycles. The van der Waals surface area contributed by atoms with Gasteiger partial charge in [-0.2, -0.15) is 0 Å². The van der Waals surface area contributed by atoms with Crippen molar-refractivity contribution in [2.75, 3.05) is 0 Å². The van der Waals surface area contributed by atoms with Gasteiger partial charge in [0.15, 0.2) is 5.54 Å². The van der Waals surface area contributed by atoms with Crippen molar-refractivity contribution in [3.05, 3.63) is 88.8 Å². The number of hydrogen-bond donors (Lipinski definition) is 1. The van der Waals surface area contributed by atoms with Gasteiger partial charge in [0.2, 0.25) is 0 Å². The molecule has 0 radical (unpaired) electrons. The summed E-state index contributed by atoms with van der Waals surface area (Å²) in [5, 5.41) is 6.90. The van der Waals surface area contributed by atoms with E-state index in [0.29, 0.717) is 17.9 Å². The maximum Gasteiger partial charge on any atom is 0.325 e. The maximum atomic E-state index is 13.6. The van der Waals surface area contributed by atoms with Crippen LogP contribution >= 0.6 is 0 Å². The first-order chi connectivity index (χ1) is 13.5. The summed E-state index contributed by atoms with van der Waals surface area (Å²) in [6.07, 6.45) is 0.376. The summed E-state index contributed by atoms with van der Waals surface area (Å²) in [6, 6.07) is 18.7. The quantitative estimate of drug-likeness (QED) is 0.693. The maximum absolute atomic E-state index is 13.6. The van der Waals surface area contributed by atoms with E-state index in [1.54, 1.807) is 13.8 Å². The number of carbonyl (C=O) groups is 2. The molecule has 0 aliphatic carbocycles. The van der Waals surface area contributed by atoms with Gasteiger partial charge in [-0.1, -0.05) is 65.8 Å². The van der Waals surface area contributed by atoms with Crippen LogP contribution < -0.4 is 5.32 Å². The molecule has 1 N–H and O–H groups in total. The lowest BCUT2D eigenvalue weighted by molar-refractivity contribution is -0.132. The number of urea groups is 1. The summed E-state index contributed by atoms with van der Waals surface area (Å²) in [7, 11) is 0. The molecular formula is C22H21N3O3. The lowest BCUT2D eigenvalue weighted by Crippen LogP contribution is -2.46. The predicted octanol–water partition coefficient (Wildman–Crippen LogP) is 3.48. The van der Waals surface area contributed by atoms with Crippen molar-refractivity contribution in [3.8, 4) is 0 Å². The molecule has 1 saturated heterocycles. The highest BCUT2D eigenvalue weighted by molar-refractivity contribution is 6.07. The molecule has 1 fully saturated rings. The fourth-order valence-corrected chi connectivity index (χ4v) is 3.70. The van der Waals surface area contributed by atoms with Crippen LogP contribution in [0.15, 0.2) is 65.2 Å². The molecule has 28 heavy (non-hydrogen) atoms. The molecule has 0 saturated carbocycles. The zero-order valence-corrected chi connectivity index (χ0v) is 15.8. The minimum atomic E-state index is -1.14. The van der Waals surface area contributed by atoms with E-state index in [2.05, 4.69) is 10.5 Å². The third-order valence-corrected chi connectivity index (χ3v) is 5.25. The molecule has 1 atom stereocenters. The van der Waals surface area contributed by atoms with E-state index in [9.17, 15) is 9.59 Å². The third kappa shape index (κ3) is 2.97. The second kappa shape index (κ2) is 6.96. The van der Waals surface area contributed by atoms with Gasteiger partial charge in [-0.05, 0) is 25.0 Å². The van der Waals surface area contributed by atoms with Gasteiger partial charge in [-0.25, -0.2) is 4.79 Å². The molecule has 3 amide bonds. The number of hydrogen-bond acceptors (Lipinski definition) is 4. The lowest BCUT2D eigenvalue weighted by Gasteiger charge is -2.27. The van der Waals surface area contributed by atoms with E-state index in [1.165, 1.54) is 4.90 Å². The van der Waals surface area contributed by atoms with E-state index in [1.807, 2.05) is 60.7 Å². The van der Waals surface area contributed by atoms with Crippen LogP contribution in [-0.4, -0.2) is 22.0 Å². The number of nitrogens with one attached hydrogen (secondary N) is 1. The first-order valence-corrected chi connectivity index (χ1v) is 9.16.